The first-order chi connectivity index (χ1) is 17.8. The van der Waals surface area contributed by atoms with Crippen LogP contribution in [0.4, 0.5) is 0 Å². The summed E-state index contributed by atoms with van der Waals surface area (Å²) < 4.78 is 18.0. The summed E-state index contributed by atoms with van der Waals surface area (Å²) in [6, 6.07) is 11.7. The molecule has 1 amide bonds. The van der Waals surface area contributed by atoms with E-state index in [0.29, 0.717) is 52.3 Å². The third kappa shape index (κ3) is 6.07. The van der Waals surface area contributed by atoms with Crippen LogP contribution in [0.3, 0.4) is 0 Å². The van der Waals surface area contributed by atoms with E-state index in [1.807, 2.05) is 19.1 Å². The predicted molar refractivity (Wildman–Crippen MR) is 152 cm³/mol. The number of ether oxygens (including phenoxy) is 3. The second-order valence-electron chi connectivity index (χ2n) is 8.48. The monoisotopic (exact) mass is 584 g/mol. The van der Waals surface area contributed by atoms with E-state index in [1.165, 1.54) is 22.3 Å². The molecule has 2 aromatic rings. The standard InChI is InChI=1S/C27H29BrN4O4S/c1-5-16(3)18-7-9-19(10-8-18)35-11-12-36-24-21(28)14-17(15-22(24)34-4)13-20-25(29)32-27(30-26(20)33)37-23(6-2)31-32/h7-10,13-16,29H,5-6,11-12H2,1-4H3/b20-13+,29-25?. The van der Waals surface area contributed by atoms with Gasteiger partial charge < -0.3 is 14.2 Å². The van der Waals surface area contributed by atoms with Gasteiger partial charge in [-0.25, -0.2) is 0 Å². The predicted octanol–water partition coefficient (Wildman–Crippen LogP) is 6.46. The van der Waals surface area contributed by atoms with E-state index in [9.17, 15) is 4.79 Å². The molecule has 0 bridgehead atoms. The zero-order valence-electron chi connectivity index (χ0n) is 21.2. The number of nitrogens with one attached hydrogen (secondary N) is 1. The molecular formula is C27H29BrN4O4S. The van der Waals surface area contributed by atoms with Crippen molar-refractivity contribution in [3.63, 3.8) is 0 Å². The smallest absolute Gasteiger partial charge is 0.283 e. The molecule has 2 heterocycles. The first kappa shape index (κ1) is 26.9. The van der Waals surface area contributed by atoms with Crippen LogP contribution in [-0.4, -0.2) is 47.3 Å². The van der Waals surface area contributed by atoms with Crippen molar-refractivity contribution < 1.29 is 19.0 Å². The SMILES string of the molecule is CCC1=NN2C(=N)/C(=C\c3cc(Br)c(OCCOc4ccc(C(C)CC)cc4)c(OC)c3)C(=O)N=C2S1. The van der Waals surface area contributed by atoms with Crippen LogP contribution >= 0.6 is 27.7 Å². The fourth-order valence-corrected chi connectivity index (χ4v) is 5.13. The highest BCUT2D eigenvalue weighted by Crippen LogP contribution is 2.38. The van der Waals surface area contributed by atoms with Crippen molar-refractivity contribution in [1.82, 2.24) is 5.01 Å². The minimum Gasteiger partial charge on any atom is -0.493 e. The summed E-state index contributed by atoms with van der Waals surface area (Å²) >= 11 is 4.86. The number of aliphatic imine (C=N–C) groups is 1. The molecule has 0 spiro atoms. The molecule has 0 saturated carbocycles. The molecule has 2 aromatic carbocycles. The number of hydrogen-bond acceptors (Lipinski definition) is 7. The number of thioether (sulfide) groups is 1. The van der Waals surface area contributed by atoms with E-state index in [0.717, 1.165) is 17.2 Å². The highest BCUT2D eigenvalue weighted by molar-refractivity contribution is 9.10. The molecule has 37 heavy (non-hydrogen) atoms. The first-order valence-electron chi connectivity index (χ1n) is 12.1. The third-order valence-electron chi connectivity index (χ3n) is 6.02. The van der Waals surface area contributed by atoms with Crippen molar-refractivity contribution in [2.45, 2.75) is 39.5 Å². The van der Waals surface area contributed by atoms with Crippen molar-refractivity contribution in [3.05, 3.63) is 57.6 Å². The summed E-state index contributed by atoms with van der Waals surface area (Å²) in [5.41, 5.74) is 2.11. The van der Waals surface area contributed by atoms with Gasteiger partial charge in [-0.3, -0.25) is 10.2 Å². The van der Waals surface area contributed by atoms with Gasteiger partial charge in [0.05, 0.1) is 17.2 Å². The Hall–Kier alpha value is -3.11. The zero-order valence-corrected chi connectivity index (χ0v) is 23.6. The van der Waals surface area contributed by atoms with Gasteiger partial charge in [0.25, 0.3) is 5.91 Å². The van der Waals surface area contributed by atoms with Crippen LogP contribution in [0.1, 0.15) is 50.7 Å². The number of rotatable bonds is 10. The maximum Gasteiger partial charge on any atom is 0.283 e. The fraction of sp³-hybridized carbons (Fsp3) is 0.333. The first-order valence-corrected chi connectivity index (χ1v) is 13.7. The summed E-state index contributed by atoms with van der Waals surface area (Å²) in [5, 5.41) is 15.5. The number of fused-ring (bicyclic) bond motifs is 1. The van der Waals surface area contributed by atoms with Gasteiger partial charge in [0.15, 0.2) is 17.3 Å². The number of hydrazone groups is 1. The van der Waals surface area contributed by atoms with E-state index >= 15 is 0 Å². The van der Waals surface area contributed by atoms with Crippen molar-refractivity contribution >= 4 is 55.7 Å². The zero-order chi connectivity index (χ0) is 26.5. The summed E-state index contributed by atoms with van der Waals surface area (Å²) in [7, 11) is 1.55. The normalized spacial score (nSPS) is 16.9. The number of nitrogens with zero attached hydrogens (tertiary/aromatic N) is 3. The van der Waals surface area contributed by atoms with Gasteiger partial charge in [-0.1, -0.05) is 32.9 Å². The van der Waals surface area contributed by atoms with E-state index in [4.69, 9.17) is 19.6 Å². The Kier molecular flexibility index (Phi) is 8.71. The van der Waals surface area contributed by atoms with Crippen LogP contribution in [0, 0.1) is 5.41 Å². The van der Waals surface area contributed by atoms with Gasteiger partial charge in [-0.2, -0.15) is 15.1 Å². The fourth-order valence-electron chi connectivity index (χ4n) is 3.74. The van der Waals surface area contributed by atoms with Crippen LogP contribution in [0.5, 0.6) is 17.2 Å². The highest BCUT2D eigenvalue weighted by Gasteiger charge is 2.35. The molecule has 1 unspecified atom stereocenters. The molecule has 0 aliphatic carbocycles. The van der Waals surface area contributed by atoms with E-state index in [1.54, 1.807) is 25.3 Å². The van der Waals surface area contributed by atoms with Gasteiger partial charge in [0.2, 0.25) is 5.17 Å². The third-order valence-corrected chi connectivity index (χ3v) is 7.66. The van der Waals surface area contributed by atoms with Crippen molar-refractivity contribution in [3.8, 4) is 17.2 Å². The van der Waals surface area contributed by atoms with E-state index in [2.05, 4.69) is 52.0 Å². The number of methoxy groups -OCH3 is 1. The average molecular weight is 586 g/mol. The lowest BCUT2D eigenvalue weighted by Crippen LogP contribution is -2.35. The van der Waals surface area contributed by atoms with E-state index < -0.39 is 5.91 Å². The number of benzene rings is 2. The largest absolute Gasteiger partial charge is 0.493 e. The Balaban J connectivity index is 1.43. The Labute approximate surface area is 229 Å². The Morgan fingerprint density at radius 3 is 2.57 bits per heavy atom. The Bertz CT molecular complexity index is 1290. The number of carbonyl (C=O) groups excluding carboxylic acids is 1. The van der Waals surface area contributed by atoms with Gasteiger partial charge in [0.1, 0.15) is 24.0 Å². The van der Waals surface area contributed by atoms with Crippen LogP contribution in [-0.2, 0) is 4.79 Å². The molecule has 1 atom stereocenters. The molecular weight excluding hydrogens is 556 g/mol. The van der Waals surface area contributed by atoms with Gasteiger partial charge in [-0.15, -0.1) is 0 Å². The van der Waals surface area contributed by atoms with Gasteiger partial charge in [-0.05, 0) is 87.9 Å². The lowest BCUT2D eigenvalue weighted by atomic mass is 9.99. The van der Waals surface area contributed by atoms with Crippen molar-refractivity contribution in [2.75, 3.05) is 20.3 Å². The topological polar surface area (TPSA) is 96.6 Å². The molecule has 0 saturated heterocycles. The molecule has 0 radical (unpaired) electrons. The quantitative estimate of drug-likeness (QED) is 0.254. The summed E-state index contributed by atoms with van der Waals surface area (Å²) in [6.07, 6.45) is 3.42. The Morgan fingerprint density at radius 1 is 1.16 bits per heavy atom. The molecule has 2 aliphatic heterocycles. The molecule has 2 aliphatic rings. The molecule has 1 N–H and O–H groups in total. The van der Waals surface area contributed by atoms with Crippen LogP contribution < -0.4 is 14.2 Å². The highest BCUT2D eigenvalue weighted by atomic mass is 79.9. The molecule has 0 fully saturated rings. The molecule has 194 valence electrons. The number of amidine groups is 2. The lowest BCUT2D eigenvalue weighted by molar-refractivity contribution is -0.114. The maximum atomic E-state index is 12.6. The minimum atomic E-state index is -0.471. The second kappa shape index (κ2) is 12.0. The lowest BCUT2D eigenvalue weighted by Gasteiger charge is -2.20. The Morgan fingerprint density at radius 2 is 1.89 bits per heavy atom. The van der Waals surface area contributed by atoms with Crippen LogP contribution in [0.25, 0.3) is 6.08 Å². The van der Waals surface area contributed by atoms with E-state index in [-0.39, 0.29) is 11.4 Å². The molecule has 10 heteroatoms. The van der Waals surface area contributed by atoms with Gasteiger partial charge in [0, 0.05) is 0 Å². The molecule has 0 aromatic heterocycles. The van der Waals surface area contributed by atoms with Gasteiger partial charge >= 0.3 is 0 Å². The average Bonchev–Trinajstić information content (AvgIpc) is 3.32. The number of hydrogen-bond donors (Lipinski definition) is 1. The molecule has 8 nitrogen and oxygen atoms in total. The molecule has 4 rings (SSSR count). The minimum absolute atomic E-state index is 0.00398. The second-order valence-corrected chi connectivity index (χ2v) is 10.4. The number of halogens is 1. The van der Waals surface area contributed by atoms with Crippen molar-refractivity contribution in [2.24, 2.45) is 10.1 Å². The maximum absolute atomic E-state index is 12.6. The summed E-state index contributed by atoms with van der Waals surface area (Å²) in [4.78, 5) is 16.7. The van der Waals surface area contributed by atoms with Crippen molar-refractivity contribution in [1.29, 1.82) is 5.41 Å². The number of amides is 1. The van der Waals surface area contributed by atoms with Crippen LogP contribution in [0.15, 0.2) is 56.5 Å². The number of carbonyl (C=O) groups is 1. The van der Waals surface area contributed by atoms with Crippen LogP contribution in [0.2, 0.25) is 0 Å². The summed E-state index contributed by atoms with van der Waals surface area (Å²) in [6.45, 7) is 7.03. The summed E-state index contributed by atoms with van der Waals surface area (Å²) in [5.74, 6) is 1.85.